The van der Waals surface area contributed by atoms with Crippen LogP contribution in [0.2, 0.25) is 5.02 Å². The molecule has 29 heavy (non-hydrogen) atoms. The van der Waals surface area contributed by atoms with Crippen molar-refractivity contribution < 1.29 is 4.79 Å². The number of amides is 1. The lowest BCUT2D eigenvalue weighted by atomic mass is 10.1. The van der Waals surface area contributed by atoms with E-state index in [1.165, 1.54) is 35.5 Å². The molecule has 4 aliphatic rings. The van der Waals surface area contributed by atoms with Crippen LogP contribution in [-0.4, -0.2) is 66.0 Å². The molecule has 1 unspecified atom stereocenters. The maximum absolute atomic E-state index is 11.7. The lowest BCUT2D eigenvalue weighted by Gasteiger charge is -2.37. The van der Waals surface area contributed by atoms with Gasteiger partial charge in [0, 0.05) is 62.5 Å². The first kappa shape index (κ1) is 18.8. The fourth-order valence-corrected chi connectivity index (χ4v) is 4.59. The number of piperazine rings is 1. The third-order valence-electron chi connectivity index (χ3n) is 6.37. The van der Waals surface area contributed by atoms with Crippen molar-refractivity contribution in [3.63, 3.8) is 0 Å². The topological polar surface area (TPSA) is 50.9 Å². The first-order chi connectivity index (χ1) is 14.1. The van der Waals surface area contributed by atoms with Crippen molar-refractivity contribution in [2.45, 2.75) is 25.9 Å². The molecule has 6 nitrogen and oxygen atoms in total. The Morgan fingerprint density at radius 1 is 1.14 bits per heavy atom. The number of carbonyl (C=O) groups excluding carboxylic acids is 1. The van der Waals surface area contributed by atoms with Gasteiger partial charge in [-0.3, -0.25) is 9.69 Å². The monoisotopic (exact) mass is 413 g/mol. The van der Waals surface area contributed by atoms with Gasteiger partial charge in [0.05, 0.1) is 17.9 Å². The smallest absolute Gasteiger partial charge is 0.219 e. The predicted molar refractivity (Wildman–Crippen MR) is 115 cm³/mol. The van der Waals surface area contributed by atoms with E-state index < -0.39 is 0 Å². The highest BCUT2D eigenvalue weighted by Crippen LogP contribution is 2.39. The fourth-order valence-electron chi connectivity index (χ4n) is 4.47. The molecule has 0 aromatic heterocycles. The summed E-state index contributed by atoms with van der Waals surface area (Å²) in [7, 11) is 0. The van der Waals surface area contributed by atoms with Crippen LogP contribution in [0.1, 0.15) is 25.3 Å². The predicted octanol–water partition coefficient (Wildman–Crippen LogP) is 2.26. The Morgan fingerprint density at radius 2 is 1.86 bits per heavy atom. The number of nitrogens with zero attached hydrogens (tertiary/aromatic N) is 3. The Labute approximate surface area is 177 Å². The van der Waals surface area contributed by atoms with Gasteiger partial charge in [0.1, 0.15) is 6.17 Å². The van der Waals surface area contributed by atoms with E-state index in [1.807, 2.05) is 17.0 Å². The molecule has 3 heterocycles. The highest BCUT2D eigenvalue weighted by molar-refractivity contribution is 6.30. The van der Waals surface area contributed by atoms with Gasteiger partial charge in [0.25, 0.3) is 0 Å². The number of rotatable bonds is 4. The molecule has 1 aromatic rings. The van der Waals surface area contributed by atoms with Gasteiger partial charge in [0.15, 0.2) is 0 Å². The molecule has 2 N–H and O–H groups in total. The van der Waals surface area contributed by atoms with E-state index >= 15 is 0 Å². The fraction of sp³-hybridized carbons (Fsp3) is 0.500. The van der Waals surface area contributed by atoms with Gasteiger partial charge in [-0.2, -0.15) is 0 Å². The Hall–Kier alpha value is -2.18. The summed E-state index contributed by atoms with van der Waals surface area (Å²) >= 11 is 6.13. The van der Waals surface area contributed by atoms with Gasteiger partial charge in [-0.25, -0.2) is 0 Å². The van der Waals surface area contributed by atoms with Crippen molar-refractivity contribution in [2.24, 2.45) is 5.92 Å². The van der Waals surface area contributed by atoms with Crippen LogP contribution in [0, 0.1) is 5.92 Å². The van der Waals surface area contributed by atoms with E-state index in [1.54, 1.807) is 6.92 Å². The second-order valence-electron chi connectivity index (χ2n) is 8.42. The largest absolute Gasteiger partial charge is 0.383 e. The number of hydrogen-bond donors (Lipinski definition) is 2. The molecule has 1 saturated carbocycles. The van der Waals surface area contributed by atoms with Crippen LogP contribution < -0.4 is 10.6 Å². The quantitative estimate of drug-likeness (QED) is 0.793. The van der Waals surface area contributed by atoms with E-state index in [0.29, 0.717) is 5.92 Å². The maximum atomic E-state index is 11.7. The first-order valence-corrected chi connectivity index (χ1v) is 10.9. The number of allylic oxidation sites excluding steroid dienone is 1. The third kappa shape index (κ3) is 3.83. The molecule has 0 spiro atoms. The van der Waals surface area contributed by atoms with Crippen LogP contribution in [0.25, 0.3) is 5.70 Å². The summed E-state index contributed by atoms with van der Waals surface area (Å²) in [6.45, 7) is 6.87. The zero-order chi connectivity index (χ0) is 20.0. The number of halogens is 1. The molecule has 1 aliphatic carbocycles. The molecule has 1 atom stereocenters. The van der Waals surface area contributed by atoms with Gasteiger partial charge < -0.3 is 20.4 Å². The molecule has 1 saturated heterocycles. The second-order valence-corrected chi connectivity index (χ2v) is 8.85. The lowest BCUT2D eigenvalue weighted by molar-refractivity contribution is -0.130. The van der Waals surface area contributed by atoms with Gasteiger partial charge in [-0.05, 0) is 30.5 Å². The minimum atomic E-state index is 0.174. The van der Waals surface area contributed by atoms with Crippen LogP contribution in [0.3, 0.4) is 0 Å². The molecule has 5 rings (SSSR count). The molecule has 1 aromatic carbocycles. The van der Waals surface area contributed by atoms with Crippen LogP contribution in [-0.2, 0) is 4.79 Å². The average molecular weight is 414 g/mol. The van der Waals surface area contributed by atoms with Crippen LogP contribution >= 0.6 is 11.6 Å². The molecule has 1 amide bonds. The molecule has 3 aliphatic heterocycles. The van der Waals surface area contributed by atoms with Crippen molar-refractivity contribution in [1.29, 1.82) is 0 Å². The molecule has 7 heteroatoms. The Morgan fingerprint density at radius 3 is 2.52 bits per heavy atom. The summed E-state index contributed by atoms with van der Waals surface area (Å²) in [6, 6.07) is 8.09. The summed E-state index contributed by atoms with van der Waals surface area (Å²) in [5, 5.41) is 8.12. The van der Waals surface area contributed by atoms with Crippen molar-refractivity contribution in [3.8, 4) is 0 Å². The summed E-state index contributed by atoms with van der Waals surface area (Å²) in [5.74, 6) is 0.878. The number of hydrogen-bond acceptors (Lipinski definition) is 5. The first-order valence-electron chi connectivity index (χ1n) is 10.6. The normalized spacial score (nSPS) is 24.8. The summed E-state index contributed by atoms with van der Waals surface area (Å²) in [4.78, 5) is 18.5. The standard InChI is InChI=1S/C22H28ClN5O/c1-15(29)27-10-8-26(9-11-27)14-20-22(17-4-6-18(23)7-5-17)25-21-12-24-19(13-28(20)21)16-2-3-16/h4-7,13,16,21,24-25H,2-3,8-12,14H2,1H3. The van der Waals surface area contributed by atoms with E-state index in [4.69, 9.17) is 11.6 Å². The summed E-state index contributed by atoms with van der Waals surface area (Å²) in [6.07, 6.45) is 5.14. The Bertz CT molecular complexity index is 852. The highest BCUT2D eigenvalue weighted by atomic mass is 35.5. The van der Waals surface area contributed by atoms with Crippen LogP contribution in [0.4, 0.5) is 0 Å². The Balaban J connectivity index is 1.42. The van der Waals surface area contributed by atoms with Crippen molar-refractivity contribution in [3.05, 3.63) is 52.4 Å². The zero-order valence-corrected chi connectivity index (χ0v) is 17.6. The number of nitrogens with one attached hydrogen (secondary N) is 2. The number of fused-ring (bicyclic) bond motifs is 1. The van der Waals surface area contributed by atoms with Gasteiger partial charge in [-0.1, -0.05) is 23.7 Å². The molecular formula is C22H28ClN5O. The van der Waals surface area contributed by atoms with E-state index in [9.17, 15) is 4.79 Å². The van der Waals surface area contributed by atoms with Crippen molar-refractivity contribution in [2.75, 3.05) is 39.3 Å². The minimum Gasteiger partial charge on any atom is -0.383 e. The molecule has 0 bridgehead atoms. The summed E-state index contributed by atoms with van der Waals surface area (Å²) < 4.78 is 0. The Kier molecular flexibility index (Phi) is 4.92. The molecular weight excluding hydrogens is 386 g/mol. The number of carbonyl (C=O) groups is 1. The molecule has 2 fully saturated rings. The van der Waals surface area contributed by atoms with Crippen LogP contribution in [0.5, 0.6) is 0 Å². The molecule has 0 radical (unpaired) electrons. The second kappa shape index (κ2) is 7.58. The van der Waals surface area contributed by atoms with Gasteiger partial charge >= 0.3 is 0 Å². The highest BCUT2D eigenvalue weighted by Gasteiger charge is 2.37. The molecule has 154 valence electrons. The van der Waals surface area contributed by atoms with Gasteiger partial charge in [-0.15, -0.1) is 0 Å². The number of benzene rings is 1. The minimum absolute atomic E-state index is 0.174. The van der Waals surface area contributed by atoms with Crippen molar-refractivity contribution >= 4 is 23.2 Å². The average Bonchev–Trinajstić information content (AvgIpc) is 3.52. The zero-order valence-electron chi connectivity index (χ0n) is 16.8. The van der Waals surface area contributed by atoms with E-state index in [-0.39, 0.29) is 12.1 Å². The van der Waals surface area contributed by atoms with E-state index in [2.05, 4.69) is 38.8 Å². The van der Waals surface area contributed by atoms with Crippen molar-refractivity contribution in [1.82, 2.24) is 25.3 Å². The van der Waals surface area contributed by atoms with Gasteiger partial charge in [0.2, 0.25) is 5.91 Å². The van der Waals surface area contributed by atoms with E-state index in [0.717, 1.165) is 44.3 Å². The summed E-state index contributed by atoms with van der Waals surface area (Å²) in [5.41, 5.74) is 5.05. The van der Waals surface area contributed by atoms with Crippen LogP contribution in [0.15, 0.2) is 41.9 Å². The SMILES string of the molecule is CC(=O)N1CCN(CC2=C(c3ccc(Cl)cc3)NC3CNC(C4CC4)=CN23)CC1. The third-order valence-corrected chi connectivity index (χ3v) is 6.62. The maximum Gasteiger partial charge on any atom is 0.219 e. The lowest BCUT2D eigenvalue weighted by Crippen LogP contribution is -2.50.